The van der Waals surface area contributed by atoms with E-state index in [-0.39, 0.29) is 23.3 Å². The fraction of sp³-hybridized carbons (Fsp3) is 0.452. The predicted octanol–water partition coefficient (Wildman–Crippen LogP) is 6.41. The molecule has 7 rings (SSSR count). The van der Waals surface area contributed by atoms with Gasteiger partial charge in [0.05, 0.1) is 30.7 Å². The third kappa shape index (κ3) is 4.70. The maximum atomic E-state index is 14.4. The van der Waals surface area contributed by atoms with Gasteiger partial charge in [-0.2, -0.15) is 5.10 Å². The predicted molar refractivity (Wildman–Crippen MR) is 156 cm³/mol. The number of aromatic nitrogens is 1. The van der Waals surface area contributed by atoms with Crippen LogP contribution in [0.3, 0.4) is 0 Å². The van der Waals surface area contributed by atoms with Crippen molar-refractivity contribution >= 4 is 35.0 Å². The monoisotopic (exact) mass is 528 g/mol. The van der Waals surface area contributed by atoms with Gasteiger partial charge in [-0.25, -0.2) is 9.37 Å². The molecule has 2 fully saturated rings. The van der Waals surface area contributed by atoms with E-state index in [2.05, 4.69) is 51.0 Å². The highest BCUT2D eigenvalue weighted by atomic mass is 19.1. The maximum absolute atomic E-state index is 14.4. The highest BCUT2D eigenvalue weighted by Crippen LogP contribution is 2.56. The first-order valence-corrected chi connectivity index (χ1v) is 14.1. The number of anilines is 1. The molecular formula is C31H37FN6O. The minimum Gasteiger partial charge on any atom is -0.441 e. The van der Waals surface area contributed by atoms with Crippen LogP contribution in [0.5, 0.6) is 0 Å². The van der Waals surface area contributed by atoms with Crippen molar-refractivity contribution in [1.82, 2.24) is 14.9 Å². The van der Waals surface area contributed by atoms with Gasteiger partial charge in [-0.1, -0.05) is 26.0 Å². The van der Waals surface area contributed by atoms with E-state index in [1.54, 1.807) is 12.1 Å². The molecule has 39 heavy (non-hydrogen) atoms. The molecule has 2 atom stereocenters. The molecule has 4 heterocycles. The van der Waals surface area contributed by atoms with Gasteiger partial charge < -0.3 is 14.2 Å². The molecule has 1 aliphatic carbocycles. The van der Waals surface area contributed by atoms with Gasteiger partial charge in [0.1, 0.15) is 11.3 Å². The molecule has 4 aliphatic rings. The number of aliphatic imine (C=N–C) groups is 1. The van der Waals surface area contributed by atoms with Crippen LogP contribution in [0, 0.1) is 18.2 Å². The van der Waals surface area contributed by atoms with E-state index >= 15 is 0 Å². The van der Waals surface area contributed by atoms with Gasteiger partial charge in [-0.05, 0) is 79.5 Å². The first-order chi connectivity index (χ1) is 18.9. The van der Waals surface area contributed by atoms with Gasteiger partial charge in [0.15, 0.2) is 17.8 Å². The first kappa shape index (κ1) is 25.6. The molecule has 204 valence electrons. The molecule has 3 aromatic rings. The van der Waals surface area contributed by atoms with Crippen LogP contribution in [0.2, 0.25) is 0 Å². The summed E-state index contributed by atoms with van der Waals surface area (Å²) < 4.78 is 20.3. The zero-order chi connectivity index (χ0) is 27.3. The second-order valence-electron chi connectivity index (χ2n) is 11.3. The van der Waals surface area contributed by atoms with Crippen LogP contribution < -0.4 is 4.90 Å². The number of amidine groups is 1. The average molecular weight is 529 g/mol. The lowest BCUT2D eigenvalue weighted by Crippen LogP contribution is -2.51. The summed E-state index contributed by atoms with van der Waals surface area (Å²) in [5.41, 5.74) is 7.08. The van der Waals surface area contributed by atoms with Crippen molar-refractivity contribution in [3.8, 4) is 0 Å². The zero-order valence-electron chi connectivity index (χ0n) is 23.5. The minimum absolute atomic E-state index is 0.0546. The van der Waals surface area contributed by atoms with E-state index in [1.807, 2.05) is 39.2 Å². The second kappa shape index (κ2) is 9.81. The molecule has 1 spiro atoms. The van der Waals surface area contributed by atoms with Crippen LogP contribution in [0.15, 0.2) is 56.8 Å². The molecule has 0 bridgehead atoms. The molecule has 1 saturated heterocycles. The Hall–Kier alpha value is -3.68. The fourth-order valence-corrected chi connectivity index (χ4v) is 6.18. The van der Waals surface area contributed by atoms with Gasteiger partial charge >= 0.3 is 0 Å². The van der Waals surface area contributed by atoms with E-state index < -0.39 is 0 Å². The maximum Gasteiger partial charge on any atom is 0.182 e. The van der Waals surface area contributed by atoms with Crippen molar-refractivity contribution in [2.24, 2.45) is 15.5 Å². The summed E-state index contributed by atoms with van der Waals surface area (Å²) in [6.07, 6.45) is 9.07. The topological polar surface area (TPSA) is 60.5 Å². The van der Waals surface area contributed by atoms with Gasteiger partial charge in [-0.15, -0.1) is 0 Å². The number of aryl methyl sites for hydroxylation is 1. The van der Waals surface area contributed by atoms with Crippen molar-refractivity contribution in [3.05, 3.63) is 64.8 Å². The Morgan fingerprint density at radius 2 is 1.95 bits per heavy atom. The standard InChI is InChI=1S/C29H31FN6O.C2H6/c1-18-8-21(11-23(30)9-18)25-14-34(3)33-28-22(12-29(6-7-29)15-36(25)28)10-20-4-5-24(27-26(20)32-17-37-27)35-13-19(2)31-16-35;1-2/h4-5,8-11,16-17,19,25H,6-7,12-15H2,1-3H3;1-2H3/b22-10+;. The number of likely N-dealkylation sites (N-methyl/N-ethyl adjacent to an activating group) is 1. The third-order valence-corrected chi connectivity index (χ3v) is 8.17. The lowest BCUT2D eigenvalue weighted by atomic mass is 9.86. The van der Waals surface area contributed by atoms with Gasteiger partial charge in [-0.3, -0.25) is 10.0 Å². The Balaban J connectivity index is 0.00000135. The molecule has 2 unspecified atom stereocenters. The molecule has 7 nitrogen and oxygen atoms in total. The van der Waals surface area contributed by atoms with Crippen LogP contribution in [-0.2, 0) is 0 Å². The summed E-state index contributed by atoms with van der Waals surface area (Å²) in [5, 5.41) is 6.99. The van der Waals surface area contributed by atoms with Gasteiger partial charge in [0, 0.05) is 25.7 Å². The second-order valence-corrected chi connectivity index (χ2v) is 11.3. The Labute approximate surface area is 229 Å². The number of rotatable bonds is 3. The Bertz CT molecular complexity index is 1470. The molecule has 1 saturated carbocycles. The summed E-state index contributed by atoms with van der Waals surface area (Å²) in [5.74, 6) is 0.806. The molecular weight excluding hydrogens is 491 g/mol. The van der Waals surface area contributed by atoms with E-state index in [0.29, 0.717) is 0 Å². The number of hydrazone groups is 1. The van der Waals surface area contributed by atoms with E-state index in [0.717, 1.165) is 65.4 Å². The number of hydrogen-bond donors (Lipinski definition) is 0. The van der Waals surface area contributed by atoms with Gasteiger partial charge in [0.25, 0.3) is 0 Å². The average Bonchev–Trinajstić information content (AvgIpc) is 3.26. The summed E-state index contributed by atoms with van der Waals surface area (Å²) >= 11 is 0. The number of fused-ring (bicyclic) bond motifs is 2. The van der Waals surface area contributed by atoms with Crippen LogP contribution in [0.25, 0.3) is 17.2 Å². The normalized spacial score (nSPS) is 24.2. The summed E-state index contributed by atoms with van der Waals surface area (Å²) in [4.78, 5) is 13.6. The zero-order valence-corrected chi connectivity index (χ0v) is 23.5. The summed E-state index contributed by atoms with van der Waals surface area (Å²) in [6.45, 7) is 10.6. The number of hydrogen-bond acceptors (Lipinski definition) is 7. The Kier molecular flexibility index (Phi) is 6.44. The Morgan fingerprint density at radius 3 is 2.67 bits per heavy atom. The highest BCUT2D eigenvalue weighted by Gasteiger charge is 2.51. The van der Waals surface area contributed by atoms with E-state index in [1.165, 1.54) is 24.8 Å². The molecule has 8 heteroatoms. The smallest absolute Gasteiger partial charge is 0.182 e. The van der Waals surface area contributed by atoms with Crippen molar-refractivity contribution < 1.29 is 8.81 Å². The third-order valence-electron chi connectivity index (χ3n) is 8.17. The van der Waals surface area contributed by atoms with Crippen molar-refractivity contribution in [2.75, 3.05) is 31.6 Å². The SMILES string of the molecule is CC.Cc1cc(F)cc(C2CN(C)N=C3/C(=C/c4ccc(N5C=NC(C)C5)c5ocnc45)CC4(CC4)CN32)c1. The lowest BCUT2D eigenvalue weighted by Gasteiger charge is -2.46. The summed E-state index contributed by atoms with van der Waals surface area (Å²) in [7, 11) is 2.01. The van der Waals surface area contributed by atoms with Crippen LogP contribution in [0.4, 0.5) is 10.1 Å². The van der Waals surface area contributed by atoms with Crippen LogP contribution in [-0.4, -0.2) is 59.8 Å². The largest absolute Gasteiger partial charge is 0.441 e. The number of halogens is 1. The first-order valence-electron chi connectivity index (χ1n) is 14.1. The van der Waals surface area contributed by atoms with E-state index in [9.17, 15) is 4.39 Å². The van der Waals surface area contributed by atoms with Crippen molar-refractivity contribution in [1.29, 1.82) is 0 Å². The fourth-order valence-electron chi connectivity index (χ4n) is 6.18. The minimum atomic E-state index is -0.179. The van der Waals surface area contributed by atoms with Crippen molar-refractivity contribution in [2.45, 2.75) is 59.0 Å². The molecule has 3 aliphatic heterocycles. The van der Waals surface area contributed by atoms with Gasteiger partial charge in [0.2, 0.25) is 0 Å². The van der Waals surface area contributed by atoms with Crippen LogP contribution in [0.1, 0.15) is 62.8 Å². The number of piperidine rings is 1. The number of nitrogens with zero attached hydrogens (tertiary/aromatic N) is 6. The highest BCUT2D eigenvalue weighted by molar-refractivity contribution is 6.06. The Morgan fingerprint density at radius 1 is 1.13 bits per heavy atom. The van der Waals surface area contributed by atoms with Crippen molar-refractivity contribution in [3.63, 3.8) is 0 Å². The summed E-state index contributed by atoms with van der Waals surface area (Å²) in [6, 6.07) is 9.94. The molecule has 2 aromatic carbocycles. The lowest BCUT2D eigenvalue weighted by molar-refractivity contribution is 0.156. The number of oxazole rings is 1. The van der Waals surface area contributed by atoms with E-state index in [4.69, 9.17) is 9.52 Å². The molecule has 1 aromatic heterocycles. The quantitative estimate of drug-likeness (QED) is 0.393. The number of benzene rings is 2. The molecule has 0 amide bonds. The molecule has 0 N–H and O–H groups in total. The molecule has 0 radical (unpaired) electrons. The van der Waals surface area contributed by atoms with Crippen LogP contribution >= 0.6 is 0 Å².